The molecule has 37 heavy (non-hydrogen) atoms. The van der Waals surface area contributed by atoms with Crippen molar-refractivity contribution in [1.29, 1.82) is 0 Å². The second kappa shape index (κ2) is 17.3. The topological polar surface area (TPSA) is 174 Å². The van der Waals surface area contributed by atoms with E-state index in [4.69, 9.17) is 17.3 Å². The van der Waals surface area contributed by atoms with Crippen molar-refractivity contribution < 1.29 is 19.6 Å². The first-order chi connectivity index (χ1) is 17.0. The van der Waals surface area contributed by atoms with Gasteiger partial charge in [0.2, 0.25) is 11.8 Å². The summed E-state index contributed by atoms with van der Waals surface area (Å²) in [5.74, 6) is 1.49. The van der Waals surface area contributed by atoms with Gasteiger partial charge in [-0.1, -0.05) is 76.6 Å². The fourth-order valence-electron chi connectivity index (χ4n) is 4.96. The number of ketones is 1. The number of hydroxylamine groups is 1. The minimum atomic E-state index is -1.48. The Hall–Kier alpha value is -2.30. The highest BCUT2D eigenvalue weighted by Crippen LogP contribution is 2.45. The first-order valence-electron chi connectivity index (χ1n) is 12.7. The third-order valence-corrected chi connectivity index (χ3v) is 6.44. The molecule has 0 aromatic heterocycles. The van der Waals surface area contributed by atoms with E-state index in [0.29, 0.717) is 25.8 Å². The lowest BCUT2D eigenvalue weighted by Crippen LogP contribution is -2.56. The summed E-state index contributed by atoms with van der Waals surface area (Å²) in [5.41, 5.74) is 15.3. The fourth-order valence-corrected chi connectivity index (χ4v) is 4.96. The Morgan fingerprint density at radius 3 is 2.14 bits per heavy atom. The van der Waals surface area contributed by atoms with Crippen molar-refractivity contribution in [3.8, 4) is 0 Å². The third kappa shape index (κ3) is 10.2. The number of benzene rings is 1. The number of hydrogen-bond acceptors (Lipinski definition) is 7. The van der Waals surface area contributed by atoms with Crippen LogP contribution in [0.15, 0.2) is 36.4 Å². The molecule has 0 aliphatic rings. The quantitative estimate of drug-likeness (QED) is 0.0615. The Morgan fingerprint density at radius 2 is 1.65 bits per heavy atom. The maximum atomic E-state index is 14.2. The van der Waals surface area contributed by atoms with Gasteiger partial charge >= 0.3 is 0 Å². The van der Waals surface area contributed by atoms with Gasteiger partial charge in [-0.3, -0.25) is 25.0 Å². The van der Waals surface area contributed by atoms with Crippen LogP contribution in [0, 0.1) is 29.1 Å². The molecule has 2 amide bonds. The van der Waals surface area contributed by atoms with Gasteiger partial charge in [0, 0.05) is 0 Å². The molecule has 10 heteroatoms. The van der Waals surface area contributed by atoms with Crippen molar-refractivity contribution >= 4 is 36.1 Å². The smallest absolute Gasteiger partial charge is 0.248 e. The van der Waals surface area contributed by atoms with E-state index in [2.05, 4.69) is 5.43 Å². The molecular weight excluding hydrogens is 494 g/mol. The zero-order valence-corrected chi connectivity index (χ0v) is 23.3. The van der Waals surface area contributed by atoms with E-state index in [9.17, 15) is 19.6 Å². The van der Waals surface area contributed by atoms with Crippen LogP contribution < -0.4 is 28.2 Å². The predicted molar refractivity (Wildman–Crippen MR) is 149 cm³/mol. The average Bonchev–Trinajstić information content (AvgIpc) is 2.85. The summed E-state index contributed by atoms with van der Waals surface area (Å²) in [5, 5.41) is 9.78. The van der Waals surface area contributed by atoms with Crippen molar-refractivity contribution in [2.45, 2.75) is 65.8 Å². The van der Waals surface area contributed by atoms with Gasteiger partial charge in [0.1, 0.15) is 0 Å². The van der Waals surface area contributed by atoms with E-state index in [1.807, 2.05) is 58.0 Å². The Balaban J connectivity index is 0.0000130. The molecule has 1 unspecified atom stereocenters. The van der Waals surface area contributed by atoms with E-state index in [-0.39, 0.29) is 42.9 Å². The van der Waals surface area contributed by atoms with E-state index in [0.717, 1.165) is 5.56 Å². The zero-order valence-electron chi connectivity index (χ0n) is 22.5. The number of allylic oxidation sites excluding steroid dienone is 1. The molecule has 0 spiro atoms. The first-order valence-corrected chi connectivity index (χ1v) is 12.7. The Bertz CT molecular complexity index is 866. The van der Waals surface area contributed by atoms with Gasteiger partial charge in [-0.2, -0.15) is 0 Å². The molecule has 0 radical (unpaired) electrons. The molecule has 0 fully saturated rings. The molecule has 9 nitrogen and oxygen atoms in total. The number of nitrogens with two attached hydrogens (primary N) is 3. The molecule has 0 heterocycles. The van der Waals surface area contributed by atoms with Crippen LogP contribution in [0.2, 0.25) is 0 Å². The molecule has 1 aromatic carbocycles. The number of carbonyl (C=O) groups excluding carboxylic acids is 3. The number of nitrogens with one attached hydrogen (secondary N) is 2. The van der Waals surface area contributed by atoms with E-state index in [1.165, 1.54) is 0 Å². The Kier molecular flexibility index (Phi) is 16.2. The molecule has 9 N–H and O–H groups in total. The fraction of sp³-hybridized carbons (Fsp3) is 0.593. The molecule has 4 atom stereocenters. The van der Waals surface area contributed by atoms with Crippen LogP contribution in [0.5, 0.6) is 0 Å². The van der Waals surface area contributed by atoms with Gasteiger partial charge in [-0.15, -0.1) is 12.4 Å². The molecular formula is C27H46ClN5O4. The number of rotatable bonds is 16. The highest BCUT2D eigenvalue weighted by atomic mass is 35.5. The van der Waals surface area contributed by atoms with Gasteiger partial charge < -0.3 is 11.5 Å². The van der Waals surface area contributed by atoms with Crippen molar-refractivity contribution in [2.24, 2.45) is 46.4 Å². The highest BCUT2D eigenvalue weighted by Gasteiger charge is 2.53. The zero-order chi connectivity index (χ0) is 27.3. The van der Waals surface area contributed by atoms with Crippen LogP contribution in [-0.2, 0) is 14.4 Å². The van der Waals surface area contributed by atoms with Gasteiger partial charge in [0.15, 0.2) is 5.78 Å². The standard InChI is InChI=1S/C27H45N5O4.ClH/c1-18(2)16-21(25(34)31-30)23(26(35)32-36)27(17-19(3)4,14-13-20-10-6-5-7-11-20)24(33)22(29)12-8-9-15-28;/h5-7,10-11,13-14,18-19,21-23,36H,8-9,12,15-17,28-30H2,1-4H3,(H,31,34)(H,32,35);1H/b14-13+;/t21-,22-,23-,27?;/m1./s1. The predicted octanol–water partition coefficient (Wildman–Crippen LogP) is 2.95. The second-order valence-corrected chi connectivity index (χ2v) is 10.3. The van der Waals surface area contributed by atoms with Crippen molar-refractivity contribution in [2.75, 3.05) is 6.54 Å². The number of carbonyl (C=O) groups is 3. The monoisotopic (exact) mass is 539 g/mol. The van der Waals surface area contributed by atoms with Crippen LogP contribution in [0.3, 0.4) is 0 Å². The van der Waals surface area contributed by atoms with Gasteiger partial charge in [-0.05, 0) is 49.6 Å². The molecule has 0 saturated carbocycles. The molecule has 210 valence electrons. The van der Waals surface area contributed by atoms with Crippen LogP contribution in [-0.4, -0.2) is 35.4 Å². The number of halogens is 1. The number of hydrogen-bond donors (Lipinski definition) is 6. The summed E-state index contributed by atoms with van der Waals surface area (Å²) in [7, 11) is 0. The summed E-state index contributed by atoms with van der Waals surface area (Å²) in [6.45, 7) is 8.18. The molecule has 0 aliphatic heterocycles. The first kappa shape index (κ1) is 34.7. The Morgan fingerprint density at radius 1 is 1.03 bits per heavy atom. The SMILES string of the molecule is CC(C)C[C@@H](C(=O)NN)[C@H](C(=O)NO)C(/C=C/c1ccccc1)(CC(C)C)C(=O)[C@H](N)CCCCN.Cl. The summed E-state index contributed by atoms with van der Waals surface area (Å²) < 4.78 is 0. The van der Waals surface area contributed by atoms with Crippen molar-refractivity contribution in [1.82, 2.24) is 10.9 Å². The van der Waals surface area contributed by atoms with E-state index in [1.54, 1.807) is 17.6 Å². The lowest BCUT2D eigenvalue weighted by Gasteiger charge is -2.42. The van der Waals surface area contributed by atoms with Crippen molar-refractivity contribution in [3.63, 3.8) is 0 Å². The normalized spacial score (nSPS) is 15.5. The highest BCUT2D eigenvalue weighted by molar-refractivity contribution is 5.99. The number of Topliss-reactive ketones (excluding diaryl/α,β-unsaturated/α-hetero) is 1. The largest absolute Gasteiger partial charge is 0.330 e. The summed E-state index contributed by atoms with van der Waals surface area (Å²) >= 11 is 0. The Labute approximate surface area is 227 Å². The maximum Gasteiger partial charge on any atom is 0.248 e. The third-order valence-electron chi connectivity index (χ3n) is 6.44. The van der Waals surface area contributed by atoms with Crippen molar-refractivity contribution in [3.05, 3.63) is 42.0 Å². The minimum Gasteiger partial charge on any atom is -0.330 e. The number of unbranched alkanes of at least 4 members (excludes halogenated alkanes) is 1. The molecule has 0 saturated heterocycles. The van der Waals surface area contributed by atoms with Gasteiger partial charge in [0.05, 0.1) is 23.3 Å². The summed E-state index contributed by atoms with van der Waals surface area (Å²) in [6.07, 6.45) is 5.74. The lowest BCUT2D eigenvalue weighted by molar-refractivity contribution is -0.151. The van der Waals surface area contributed by atoms with Gasteiger partial charge in [0.25, 0.3) is 0 Å². The second-order valence-electron chi connectivity index (χ2n) is 10.3. The van der Waals surface area contributed by atoms with E-state index >= 15 is 0 Å². The molecule has 1 rings (SSSR count). The summed E-state index contributed by atoms with van der Waals surface area (Å²) in [4.78, 5) is 40.6. The van der Waals surface area contributed by atoms with Crippen LogP contribution in [0.25, 0.3) is 6.08 Å². The van der Waals surface area contributed by atoms with E-state index < -0.39 is 35.1 Å². The number of amides is 2. The van der Waals surface area contributed by atoms with Crippen LogP contribution in [0.1, 0.15) is 65.4 Å². The molecule has 0 bridgehead atoms. The molecule has 0 aliphatic carbocycles. The average molecular weight is 540 g/mol. The van der Waals surface area contributed by atoms with Crippen LogP contribution >= 0.6 is 12.4 Å². The van der Waals surface area contributed by atoms with Crippen LogP contribution in [0.4, 0.5) is 0 Å². The number of hydrazine groups is 1. The summed E-state index contributed by atoms with van der Waals surface area (Å²) in [6, 6.07) is 8.48. The maximum absolute atomic E-state index is 14.2. The molecule has 1 aromatic rings. The minimum absolute atomic E-state index is 0. The lowest BCUT2D eigenvalue weighted by atomic mass is 9.59. The van der Waals surface area contributed by atoms with Gasteiger partial charge in [-0.25, -0.2) is 11.3 Å².